The smallest absolute Gasteiger partial charge is 0.262 e. The molecule has 0 aliphatic carbocycles. The zero-order valence-electron chi connectivity index (χ0n) is 17.5. The zero-order valence-corrected chi connectivity index (χ0v) is 19.1. The number of methoxy groups -OCH3 is 1. The molecular weight excluding hydrogens is 452 g/mol. The van der Waals surface area contributed by atoms with Gasteiger partial charge in [0, 0.05) is 6.04 Å². The topological polar surface area (TPSA) is 93.7 Å². The van der Waals surface area contributed by atoms with E-state index in [2.05, 4.69) is 10.0 Å². The van der Waals surface area contributed by atoms with E-state index < -0.39 is 22.0 Å². The SMILES string of the molecule is COc1ccccc1NC(=O)COc1ccc(S(=O)(=O)N[C@H](C)c2ccccc2)cc1Cl. The molecule has 168 valence electrons. The van der Waals surface area contributed by atoms with Crippen LogP contribution in [0.3, 0.4) is 0 Å². The number of ether oxygens (including phenoxy) is 2. The molecule has 0 aliphatic rings. The highest BCUT2D eigenvalue weighted by atomic mass is 35.5. The Balaban J connectivity index is 1.63. The van der Waals surface area contributed by atoms with E-state index in [4.69, 9.17) is 21.1 Å². The Morgan fingerprint density at radius 1 is 1.00 bits per heavy atom. The summed E-state index contributed by atoms with van der Waals surface area (Å²) in [6.45, 7) is 1.44. The van der Waals surface area contributed by atoms with Crippen LogP contribution in [0, 0.1) is 0 Å². The van der Waals surface area contributed by atoms with Gasteiger partial charge >= 0.3 is 0 Å². The van der Waals surface area contributed by atoms with Crippen LogP contribution >= 0.6 is 11.6 Å². The molecule has 0 saturated carbocycles. The highest BCUT2D eigenvalue weighted by molar-refractivity contribution is 7.89. The number of nitrogens with one attached hydrogen (secondary N) is 2. The second-order valence-electron chi connectivity index (χ2n) is 6.88. The first-order chi connectivity index (χ1) is 15.3. The summed E-state index contributed by atoms with van der Waals surface area (Å²) in [6, 6.07) is 19.9. The van der Waals surface area contributed by atoms with Gasteiger partial charge < -0.3 is 14.8 Å². The molecule has 0 saturated heterocycles. The Morgan fingerprint density at radius 3 is 2.38 bits per heavy atom. The van der Waals surface area contributed by atoms with Crippen LogP contribution < -0.4 is 19.5 Å². The molecule has 1 amide bonds. The van der Waals surface area contributed by atoms with Crippen LogP contribution in [0.25, 0.3) is 0 Å². The first-order valence-electron chi connectivity index (χ1n) is 9.72. The standard InChI is InChI=1S/C23H23ClN2O5S/c1-16(17-8-4-3-5-9-17)26-32(28,29)18-12-13-21(19(24)14-18)31-15-23(27)25-20-10-6-7-11-22(20)30-2/h3-14,16,26H,15H2,1-2H3,(H,25,27)/t16-/m1/s1. The summed E-state index contributed by atoms with van der Waals surface area (Å²) in [5, 5.41) is 2.76. The molecule has 7 nitrogen and oxygen atoms in total. The monoisotopic (exact) mass is 474 g/mol. The number of hydrogen-bond donors (Lipinski definition) is 2. The summed E-state index contributed by atoms with van der Waals surface area (Å²) >= 11 is 6.21. The van der Waals surface area contributed by atoms with Crippen LogP contribution in [0.4, 0.5) is 5.69 Å². The normalized spacial score (nSPS) is 12.1. The third kappa shape index (κ3) is 6.00. The van der Waals surface area contributed by atoms with Crippen molar-refractivity contribution in [1.82, 2.24) is 4.72 Å². The van der Waals surface area contributed by atoms with E-state index in [-0.39, 0.29) is 22.3 Å². The summed E-state index contributed by atoms with van der Waals surface area (Å²) < 4.78 is 38.7. The van der Waals surface area contributed by atoms with Gasteiger partial charge in [-0.1, -0.05) is 54.1 Å². The Labute approximate surface area is 192 Å². The Kier molecular flexibility index (Phi) is 7.74. The number of para-hydroxylation sites is 2. The zero-order chi connectivity index (χ0) is 23.1. The predicted octanol–water partition coefficient (Wildman–Crippen LogP) is 4.41. The highest BCUT2D eigenvalue weighted by Crippen LogP contribution is 2.28. The minimum Gasteiger partial charge on any atom is -0.495 e. The number of carbonyl (C=O) groups is 1. The van der Waals surface area contributed by atoms with Crippen LogP contribution in [-0.4, -0.2) is 28.0 Å². The van der Waals surface area contributed by atoms with Crippen molar-refractivity contribution in [3.63, 3.8) is 0 Å². The lowest BCUT2D eigenvalue weighted by atomic mass is 10.1. The lowest BCUT2D eigenvalue weighted by Crippen LogP contribution is -2.27. The summed E-state index contributed by atoms with van der Waals surface area (Å²) in [5.41, 5.74) is 1.35. The third-order valence-electron chi connectivity index (χ3n) is 4.58. The molecule has 3 aromatic rings. The van der Waals surface area contributed by atoms with Gasteiger partial charge in [-0.05, 0) is 42.8 Å². The Morgan fingerprint density at radius 2 is 1.69 bits per heavy atom. The molecule has 0 radical (unpaired) electrons. The van der Waals surface area contributed by atoms with E-state index in [9.17, 15) is 13.2 Å². The fourth-order valence-corrected chi connectivity index (χ4v) is 4.51. The van der Waals surface area contributed by atoms with Crippen molar-refractivity contribution < 1.29 is 22.7 Å². The fourth-order valence-electron chi connectivity index (χ4n) is 2.95. The number of hydrogen-bond acceptors (Lipinski definition) is 5. The van der Waals surface area contributed by atoms with Gasteiger partial charge in [-0.3, -0.25) is 4.79 Å². The van der Waals surface area contributed by atoms with Crippen LogP contribution in [0.15, 0.2) is 77.7 Å². The van der Waals surface area contributed by atoms with Crippen molar-refractivity contribution in [3.8, 4) is 11.5 Å². The average Bonchev–Trinajstić information content (AvgIpc) is 2.79. The van der Waals surface area contributed by atoms with E-state index >= 15 is 0 Å². The van der Waals surface area contributed by atoms with E-state index in [1.165, 1.54) is 25.3 Å². The molecule has 3 aromatic carbocycles. The molecule has 0 heterocycles. The molecular formula is C23H23ClN2O5S. The van der Waals surface area contributed by atoms with Gasteiger partial charge in [-0.25, -0.2) is 13.1 Å². The number of rotatable bonds is 9. The molecule has 0 aromatic heterocycles. The molecule has 1 atom stereocenters. The molecule has 0 bridgehead atoms. The van der Waals surface area contributed by atoms with Crippen molar-refractivity contribution in [1.29, 1.82) is 0 Å². The summed E-state index contributed by atoms with van der Waals surface area (Å²) in [5.74, 6) is 0.295. The molecule has 0 fully saturated rings. The minimum atomic E-state index is -3.81. The Hall–Kier alpha value is -3.07. The number of halogens is 1. The minimum absolute atomic E-state index is 0.00361. The van der Waals surface area contributed by atoms with E-state index in [0.29, 0.717) is 11.4 Å². The first-order valence-corrected chi connectivity index (χ1v) is 11.6. The fraction of sp³-hybridized carbons (Fsp3) is 0.174. The summed E-state index contributed by atoms with van der Waals surface area (Å²) in [6.07, 6.45) is 0. The molecule has 0 aliphatic heterocycles. The molecule has 2 N–H and O–H groups in total. The van der Waals surface area contributed by atoms with Gasteiger partial charge in [0.15, 0.2) is 6.61 Å². The maximum atomic E-state index is 12.7. The van der Waals surface area contributed by atoms with Crippen LogP contribution in [0.5, 0.6) is 11.5 Å². The molecule has 0 spiro atoms. The van der Waals surface area contributed by atoms with Crippen molar-refractivity contribution in [3.05, 3.63) is 83.4 Å². The number of carbonyl (C=O) groups excluding carboxylic acids is 1. The van der Waals surface area contributed by atoms with Gasteiger partial charge in [0.05, 0.1) is 22.7 Å². The van der Waals surface area contributed by atoms with Crippen molar-refractivity contribution in [2.24, 2.45) is 0 Å². The molecule has 3 rings (SSSR count). The number of amides is 1. The van der Waals surface area contributed by atoms with Crippen molar-refractivity contribution in [2.75, 3.05) is 19.0 Å². The second kappa shape index (κ2) is 10.5. The maximum Gasteiger partial charge on any atom is 0.262 e. The third-order valence-corrected chi connectivity index (χ3v) is 6.42. The Bertz CT molecular complexity index is 1190. The first kappa shape index (κ1) is 23.6. The largest absolute Gasteiger partial charge is 0.495 e. The van der Waals surface area contributed by atoms with Crippen LogP contribution in [0.2, 0.25) is 5.02 Å². The van der Waals surface area contributed by atoms with E-state index in [1.54, 1.807) is 31.2 Å². The van der Waals surface area contributed by atoms with Crippen LogP contribution in [-0.2, 0) is 14.8 Å². The van der Waals surface area contributed by atoms with Gasteiger partial charge in [0.1, 0.15) is 11.5 Å². The van der Waals surface area contributed by atoms with E-state index in [1.807, 2.05) is 30.3 Å². The number of benzene rings is 3. The lowest BCUT2D eigenvalue weighted by Gasteiger charge is -2.15. The summed E-state index contributed by atoms with van der Waals surface area (Å²) in [7, 11) is -2.30. The van der Waals surface area contributed by atoms with Crippen molar-refractivity contribution in [2.45, 2.75) is 17.9 Å². The molecule has 32 heavy (non-hydrogen) atoms. The molecule has 0 unspecified atom stereocenters. The van der Waals surface area contributed by atoms with Crippen LogP contribution in [0.1, 0.15) is 18.5 Å². The maximum absolute atomic E-state index is 12.7. The van der Waals surface area contributed by atoms with Gasteiger partial charge in [-0.2, -0.15) is 0 Å². The predicted molar refractivity (Wildman–Crippen MR) is 124 cm³/mol. The van der Waals surface area contributed by atoms with Gasteiger partial charge in [-0.15, -0.1) is 0 Å². The van der Waals surface area contributed by atoms with E-state index in [0.717, 1.165) is 5.56 Å². The van der Waals surface area contributed by atoms with Gasteiger partial charge in [0.25, 0.3) is 5.91 Å². The quantitative estimate of drug-likeness (QED) is 0.479. The highest BCUT2D eigenvalue weighted by Gasteiger charge is 2.20. The molecule has 9 heteroatoms. The number of sulfonamides is 1. The second-order valence-corrected chi connectivity index (χ2v) is 9.00. The van der Waals surface area contributed by atoms with Crippen molar-refractivity contribution >= 4 is 33.2 Å². The van der Waals surface area contributed by atoms with Gasteiger partial charge in [0.2, 0.25) is 10.0 Å². The summed E-state index contributed by atoms with van der Waals surface area (Å²) in [4.78, 5) is 12.2. The number of anilines is 1. The average molecular weight is 475 g/mol. The lowest BCUT2D eigenvalue weighted by molar-refractivity contribution is -0.118.